The average molecular weight is 511 g/mol. The Morgan fingerprint density at radius 3 is 2.53 bits per heavy atom. The van der Waals surface area contributed by atoms with Crippen molar-refractivity contribution in [2.75, 3.05) is 33.4 Å². The molecule has 10 heteroatoms. The van der Waals surface area contributed by atoms with Crippen LogP contribution in [0.1, 0.15) is 45.2 Å². The number of nitrogens with one attached hydrogen (secondary N) is 1. The van der Waals surface area contributed by atoms with Gasteiger partial charge in [-0.05, 0) is 30.5 Å². The van der Waals surface area contributed by atoms with E-state index < -0.39 is 23.0 Å². The number of benzene rings is 1. The molecule has 5 N–H and O–H groups in total. The van der Waals surface area contributed by atoms with Gasteiger partial charge in [0.25, 0.3) is 0 Å². The first kappa shape index (κ1) is 29.6. The molecule has 0 amide bonds. The van der Waals surface area contributed by atoms with Crippen LogP contribution in [0.2, 0.25) is 0 Å². The van der Waals surface area contributed by atoms with Gasteiger partial charge in [0.2, 0.25) is 0 Å². The van der Waals surface area contributed by atoms with Crippen molar-refractivity contribution < 1.29 is 49.1 Å². The van der Waals surface area contributed by atoms with Gasteiger partial charge in [-0.1, -0.05) is 27.5 Å². The Bertz CT molecular complexity index is 970. The van der Waals surface area contributed by atoms with Gasteiger partial charge >= 0.3 is 11.9 Å². The number of methoxy groups -OCH3 is 1. The summed E-state index contributed by atoms with van der Waals surface area (Å²) in [7, 11) is 1.66. The minimum absolute atomic E-state index is 0. The third-order valence-electron chi connectivity index (χ3n) is 7.86. The molecule has 2 bridgehead atoms. The standard InChI is InChI=1S/C22H29NO5.C2H2O4.2CH4/c1-3-9-23-10-8-21-18-14-4-5-15(24)19(18)28-20(21)16(27-12-11-26-2)6-7-22(21,25)17(23)13-14;3-1(4)2(5)6;;/h3-5,16-17,20,24-25H,1,6-13H2,2H3;(H,3,4)(H,5,6);2*1H4/p+1/t16-,17+,20?,21-,22+;;;/m0.../s1. The van der Waals surface area contributed by atoms with E-state index in [0.717, 1.165) is 37.9 Å². The van der Waals surface area contributed by atoms with Crippen molar-refractivity contribution >= 4 is 11.9 Å². The number of ether oxygens (including phenoxy) is 3. The van der Waals surface area contributed by atoms with Crippen LogP contribution in [0, 0.1) is 0 Å². The van der Waals surface area contributed by atoms with Gasteiger partial charge in [0.1, 0.15) is 17.7 Å². The van der Waals surface area contributed by atoms with Gasteiger partial charge in [-0.2, -0.15) is 0 Å². The topological polar surface area (TPSA) is 147 Å². The Hall–Kier alpha value is -2.66. The highest BCUT2D eigenvalue weighted by atomic mass is 16.6. The lowest BCUT2D eigenvalue weighted by atomic mass is 9.48. The van der Waals surface area contributed by atoms with E-state index in [1.54, 1.807) is 13.2 Å². The molecule has 2 unspecified atom stereocenters. The van der Waals surface area contributed by atoms with Crippen LogP contribution in [0.3, 0.4) is 0 Å². The number of aromatic hydroxyl groups is 1. The van der Waals surface area contributed by atoms with E-state index in [1.165, 1.54) is 10.5 Å². The number of aliphatic carboxylic acids is 2. The largest absolute Gasteiger partial charge is 0.504 e. The third-order valence-corrected chi connectivity index (χ3v) is 7.86. The predicted molar refractivity (Wildman–Crippen MR) is 132 cm³/mol. The number of rotatable bonds is 6. The number of phenolic OH excluding ortho intramolecular Hbond substituents is 1. The SMILES string of the molecule is C.C.C=CC[NH+]1CC[C@]23c4c5ccc(O)c4OC2[C@@H](OCCOC)CC[C@@]3(O)[C@H]1C5.O=C(O)C(=O)O. The first-order chi connectivity index (χ1) is 16.2. The van der Waals surface area contributed by atoms with Crippen molar-refractivity contribution in [1.29, 1.82) is 0 Å². The lowest BCUT2D eigenvalue weighted by Gasteiger charge is -2.61. The van der Waals surface area contributed by atoms with Gasteiger partial charge in [-0.15, -0.1) is 0 Å². The molecule has 5 rings (SSSR count). The van der Waals surface area contributed by atoms with Crippen molar-refractivity contribution in [1.82, 2.24) is 0 Å². The number of quaternary nitrogens is 1. The number of piperidine rings is 1. The zero-order valence-corrected chi connectivity index (χ0v) is 19.2. The molecule has 2 fully saturated rings. The third kappa shape index (κ3) is 4.36. The summed E-state index contributed by atoms with van der Waals surface area (Å²) in [6.45, 7) is 6.77. The van der Waals surface area contributed by atoms with Crippen LogP contribution in [0.5, 0.6) is 11.5 Å². The van der Waals surface area contributed by atoms with Crippen molar-refractivity contribution in [3.63, 3.8) is 0 Å². The van der Waals surface area contributed by atoms with Crippen LogP contribution in [0.4, 0.5) is 0 Å². The molecule has 6 atom stereocenters. The number of likely N-dealkylation sites (tertiary alicyclic amines) is 1. The molecule has 36 heavy (non-hydrogen) atoms. The summed E-state index contributed by atoms with van der Waals surface area (Å²) >= 11 is 0. The highest BCUT2D eigenvalue weighted by Crippen LogP contribution is 2.63. The van der Waals surface area contributed by atoms with Gasteiger partial charge in [0, 0.05) is 25.5 Å². The summed E-state index contributed by atoms with van der Waals surface area (Å²) in [6.07, 6.45) is 4.61. The Balaban J connectivity index is 0.000000514. The summed E-state index contributed by atoms with van der Waals surface area (Å²) < 4.78 is 17.7. The van der Waals surface area contributed by atoms with E-state index in [-0.39, 0.29) is 38.9 Å². The van der Waals surface area contributed by atoms with Crippen molar-refractivity contribution in [3.8, 4) is 11.5 Å². The van der Waals surface area contributed by atoms with E-state index in [2.05, 4.69) is 6.58 Å². The van der Waals surface area contributed by atoms with E-state index in [4.69, 9.17) is 34.0 Å². The van der Waals surface area contributed by atoms with Gasteiger partial charge in [-0.25, -0.2) is 9.59 Å². The minimum atomic E-state index is -1.82. The normalized spacial score (nSPS) is 32.3. The van der Waals surface area contributed by atoms with Crippen LogP contribution >= 0.6 is 0 Å². The molecule has 202 valence electrons. The highest BCUT2D eigenvalue weighted by molar-refractivity contribution is 6.27. The van der Waals surface area contributed by atoms with Crippen LogP contribution in [0.15, 0.2) is 24.8 Å². The summed E-state index contributed by atoms with van der Waals surface area (Å²) in [5.41, 5.74) is 0.860. The molecule has 2 heterocycles. The lowest BCUT2D eigenvalue weighted by Crippen LogP contribution is -3.21. The quantitative estimate of drug-likeness (QED) is 0.213. The van der Waals surface area contributed by atoms with Crippen LogP contribution in [0.25, 0.3) is 0 Å². The number of carboxylic acids is 2. The summed E-state index contributed by atoms with van der Waals surface area (Å²) in [6, 6.07) is 3.85. The molecule has 10 nitrogen and oxygen atoms in total. The van der Waals surface area contributed by atoms with Crippen LogP contribution in [-0.4, -0.2) is 89.6 Å². The molecule has 1 saturated carbocycles. The second-order valence-electron chi connectivity index (χ2n) is 9.34. The number of carbonyl (C=O) groups is 2. The first-order valence-corrected chi connectivity index (χ1v) is 11.5. The number of hydrogen-bond acceptors (Lipinski definition) is 7. The maximum Gasteiger partial charge on any atom is 0.414 e. The second-order valence-corrected chi connectivity index (χ2v) is 9.34. The molecule has 1 saturated heterocycles. The summed E-state index contributed by atoms with van der Waals surface area (Å²) in [5, 5.41) is 37.5. The molecule has 1 aromatic carbocycles. The highest BCUT2D eigenvalue weighted by Gasteiger charge is 2.74. The molecular formula is C26H40NO9+. The molecule has 4 aliphatic rings. The molecular weight excluding hydrogens is 470 g/mol. The summed E-state index contributed by atoms with van der Waals surface area (Å²) in [4.78, 5) is 19.6. The fraction of sp³-hybridized carbons (Fsp3) is 0.615. The average Bonchev–Trinajstić information content (AvgIpc) is 3.15. The molecule has 2 aliphatic carbocycles. The molecule has 0 aromatic heterocycles. The van der Waals surface area contributed by atoms with E-state index in [1.807, 2.05) is 12.1 Å². The van der Waals surface area contributed by atoms with Crippen LogP contribution in [-0.2, 0) is 30.9 Å². The van der Waals surface area contributed by atoms with Gasteiger partial charge < -0.3 is 39.5 Å². The maximum absolute atomic E-state index is 12.2. The van der Waals surface area contributed by atoms with Crippen LogP contribution < -0.4 is 9.64 Å². The summed E-state index contributed by atoms with van der Waals surface area (Å²) in [5.74, 6) is -2.92. The van der Waals surface area contributed by atoms with E-state index in [9.17, 15) is 10.2 Å². The number of aliphatic hydroxyl groups is 1. The number of phenols is 1. The van der Waals surface area contributed by atoms with Gasteiger partial charge in [0.15, 0.2) is 11.5 Å². The molecule has 0 radical (unpaired) electrons. The van der Waals surface area contributed by atoms with E-state index in [0.29, 0.717) is 25.4 Å². The Morgan fingerprint density at radius 2 is 1.92 bits per heavy atom. The Morgan fingerprint density at radius 1 is 1.22 bits per heavy atom. The van der Waals surface area contributed by atoms with Gasteiger partial charge in [-0.3, -0.25) is 0 Å². The van der Waals surface area contributed by atoms with E-state index >= 15 is 0 Å². The Labute approximate surface area is 212 Å². The van der Waals surface area contributed by atoms with Gasteiger partial charge in [0.05, 0.1) is 37.8 Å². The van der Waals surface area contributed by atoms with Crippen molar-refractivity contribution in [2.45, 2.75) is 69.8 Å². The smallest absolute Gasteiger partial charge is 0.414 e. The Kier molecular flexibility index (Phi) is 9.17. The molecule has 1 aromatic rings. The lowest BCUT2D eigenvalue weighted by molar-refractivity contribution is -0.937. The fourth-order valence-electron chi connectivity index (χ4n) is 6.61. The van der Waals surface area contributed by atoms with Crippen molar-refractivity contribution in [3.05, 3.63) is 35.9 Å². The monoisotopic (exact) mass is 510 g/mol. The minimum Gasteiger partial charge on any atom is -0.504 e. The zero-order valence-electron chi connectivity index (χ0n) is 19.2. The second kappa shape index (κ2) is 11.2. The fourth-order valence-corrected chi connectivity index (χ4v) is 6.61. The molecule has 2 aliphatic heterocycles. The van der Waals surface area contributed by atoms with Crippen molar-refractivity contribution in [2.24, 2.45) is 0 Å². The predicted octanol–water partition coefficient (Wildman–Crippen LogP) is 0.775. The molecule has 1 spiro atoms. The zero-order chi connectivity index (χ0) is 24.7. The first-order valence-electron chi connectivity index (χ1n) is 11.5. The number of hydrogen-bond donors (Lipinski definition) is 5. The maximum atomic E-state index is 12.2. The number of carboxylic acid groups (broad SMARTS) is 2.